The van der Waals surface area contributed by atoms with E-state index in [-0.39, 0.29) is 12.1 Å². The smallest absolute Gasteiger partial charge is 0.381 e. The Bertz CT molecular complexity index is 561. The van der Waals surface area contributed by atoms with E-state index in [2.05, 4.69) is 5.32 Å². The minimum Gasteiger partial charge on any atom is -0.381 e. The van der Waals surface area contributed by atoms with Gasteiger partial charge in [-0.15, -0.1) is 0 Å². The predicted octanol–water partition coefficient (Wildman–Crippen LogP) is 4.63. The van der Waals surface area contributed by atoms with E-state index in [0.29, 0.717) is 0 Å². The lowest BCUT2D eigenvalue weighted by atomic mass is 10.1. The molecule has 0 bridgehead atoms. The van der Waals surface area contributed by atoms with Crippen LogP contribution in [-0.4, -0.2) is 0 Å². The Morgan fingerprint density at radius 2 is 1.58 bits per heavy atom. The lowest BCUT2D eigenvalue weighted by molar-refractivity contribution is -0.138. The summed E-state index contributed by atoms with van der Waals surface area (Å²) in [7, 11) is 0. The van der Waals surface area contributed by atoms with Gasteiger partial charge in [0.2, 0.25) is 0 Å². The molecule has 0 fully saturated rings. The molecule has 0 aliphatic rings. The summed E-state index contributed by atoms with van der Waals surface area (Å²) < 4.78 is 38.5. The molecule has 19 heavy (non-hydrogen) atoms. The van der Waals surface area contributed by atoms with Crippen LogP contribution in [0.15, 0.2) is 48.5 Å². The van der Waals surface area contributed by atoms with Crippen molar-refractivity contribution in [1.82, 2.24) is 0 Å². The zero-order valence-corrected chi connectivity index (χ0v) is 10.5. The van der Waals surface area contributed by atoms with Gasteiger partial charge < -0.3 is 5.32 Å². The number of hydrogen-bond acceptors (Lipinski definition) is 1. The lowest BCUT2D eigenvalue weighted by Gasteiger charge is -2.14. The van der Waals surface area contributed by atoms with Gasteiger partial charge in [-0.1, -0.05) is 36.4 Å². The molecule has 1 N–H and O–H groups in total. The Balaban J connectivity index is 2.19. The summed E-state index contributed by atoms with van der Waals surface area (Å²) in [6.45, 7) is 2.07. The molecule has 1 nitrogen and oxygen atoms in total. The van der Waals surface area contributed by atoms with Crippen LogP contribution in [0.1, 0.15) is 16.7 Å². The Labute approximate surface area is 110 Å². The molecular formula is C15H14F3N. The Kier molecular flexibility index (Phi) is 3.79. The number of halogens is 3. The zero-order valence-electron chi connectivity index (χ0n) is 10.5. The van der Waals surface area contributed by atoms with E-state index in [9.17, 15) is 13.2 Å². The molecule has 2 aromatic carbocycles. The van der Waals surface area contributed by atoms with Gasteiger partial charge in [-0.05, 0) is 30.2 Å². The van der Waals surface area contributed by atoms with E-state index in [4.69, 9.17) is 0 Å². The number of alkyl halides is 3. The summed E-state index contributed by atoms with van der Waals surface area (Å²) in [5.74, 6) is 0. The summed E-state index contributed by atoms with van der Waals surface area (Å²) in [4.78, 5) is 0. The number of anilines is 1. The lowest BCUT2D eigenvalue weighted by Crippen LogP contribution is -2.11. The number of hydrogen-bond donors (Lipinski definition) is 1. The minimum atomic E-state index is -4.32. The van der Waals surface area contributed by atoms with Gasteiger partial charge in [-0.3, -0.25) is 0 Å². The second-order valence-corrected chi connectivity index (χ2v) is 4.32. The van der Waals surface area contributed by atoms with E-state index in [1.807, 2.05) is 31.2 Å². The first-order chi connectivity index (χ1) is 8.98. The van der Waals surface area contributed by atoms with Crippen LogP contribution in [-0.2, 0) is 12.7 Å². The number of rotatable bonds is 3. The third kappa shape index (κ3) is 3.28. The Morgan fingerprint density at radius 3 is 2.26 bits per heavy atom. The van der Waals surface area contributed by atoms with E-state index < -0.39 is 11.7 Å². The van der Waals surface area contributed by atoms with Crippen molar-refractivity contribution in [3.8, 4) is 0 Å². The molecule has 0 heterocycles. The van der Waals surface area contributed by atoms with Crippen LogP contribution in [0.2, 0.25) is 0 Å². The van der Waals surface area contributed by atoms with Crippen LogP contribution in [0, 0.1) is 6.92 Å². The van der Waals surface area contributed by atoms with Gasteiger partial charge in [-0.2, -0.15) is 13.2 Å². The van der Waals surface area contributed by atoms with E-state index in [1.54, 1.807) is 6.07 Å². The number of nitrogens with one attached hydrogen (secondary N) is 1. The molecule has 0 spiro atoms. The maximum Gasteiger partial charge on any atom is 0.416 e. The highest BCUT2D eigenvalue weighted by atomic mass is 19.4. The molecule has 2 rings (SSSR count). The van der Waals surface area contributed by atoms with Crippen LogP contribution in [0.3, 0.4) is 0 Å². The van der Waals surface area contributed by atoms with E-state index in [1.165, 1.54) is 12.1 Å². The maximum absolute atomic E-state index is 12.8. The van der Waals surface area contributed by atoms with Gasteiger partial charge in [0.25, 0.3) is 0 Å². The Morgan fingerprint density at radius 1 is 0.947 bits per heavy atom. The van der Waals surface area contributed by atoms with Gasteiger partial charge in [0.1, 0.15) is 0 Å². The number of para-hydroxylation sites is 1. The molecule has 2 aromatic rings. The standard InChI is InChI=1S/C15H14F3N/c1-11-6-2-5-9-14(11)19-10-12-7-3-4-8-13(12)15(16,17)18/h2-9,19H,10H2,1H3. The molecule has 0 saturated heterocycles. The van der Waals surface area contributed by atoms with Gasteiger partial charge in [0.15, 0.2) is 0 Å². The van der Waals surface area contributed by atoms with Gasteiger partial charge >= 0.3 is 6.18 Å². The fraction of sp³-hybridized carbons (Fsp3) is 0.200. The Hall–Kier alpha value is -1.97. The highest BCUT2D eigenvalue weighted by Crippen LogP contribution is 2.32. The van der Waals surface area contributed by atoms with Crippen molar-refractivity contribution in [3.05, 3.63) is 65.2 Å². The third-order valence-electron chi connectivity index (χ3n) is 2.94. The quantitative estimate of drug-likeness (QED) is 0.853. The molecular weight excluding hydrogens is 251 g/mol. The molecule has 0 atom stereocenters. The first-order valence-corrected chi connectivity index (χ1v) is 5.93. The fourth-order valence-corrected chi connectivity index (χ4v) is 1.91. The normalized spacial score (nSPS) is 11.4. The van der Waals surface area contributed by atoms with Crippen molar-refractivity contribution in [2.45, 2.75) is 19.6 Å². The van der Waals surface area contributed by atoms with Crippen LogP contribution < -0.4 is 5.32 Å². The molecule has 0 radical (unpaired) electrons. The summed E-state index contributed by atoms with van der Waals surface area (Å²) >= 11 is 0. The highest BCUT2D eigenvalue weighted by molar-refractivity contribution is 5.51. The van der Waals surface area contributed by atoms with E-state index >= 15 is 0 Å². The molecule has 4 heteroatoms. The third-order valence-corrected chi connectivity index (χ3v) is 2.94. The number of aryl methyl sites for hydroxylation is 1. The predicted molar refractivity (Wildman–Crippen MR) is 69.9 cm³/mol. The summed E-state index contributed by atoms with van der Waals surface area (Å²) in [6.07, 6.45) is -4.32. The molecule has 0 aromatic heterocycles. The van der Waals surface area contributed by atoms with Crippen LogP contribution in [0.4, 0.5) is 18.9 Å². The molecule has 0 aliphatic heterocycles. The maximum atomic E-state index is 12.8. The van der Waals surface area contributed by atoms with Gasteiger partial charge in [0, 0.05) is 12.2 Å². The molecule has 100 valence electrons. The van der Waals surface area contributed by atoms with Crippen molar-refractivity contribution in [2.24, 2.45) is 0 Å². The minimum absolute atomic E-state index is 0.153. The van der Waals surface area contributed by atoms with E-state index in [0.717, 1.165) is 17.3 Å². The van der Waals surface area contributed by atoms with Crippen molar-refractivity contribution < 1.29 is 13.2 Å². The van der Waals surface area contributed by atoms with Crippen molar-refractivity contribution in [3.63, 3.8) is 0 Å². The van der Waals surface area contributed by atoms with Crippen LogP contribution >= 0.6 is 0 Å². The van der Waals surface area contributed by atoms with Crippen LogP contribution in [0.25, 0.3) is 0 Å². The fourth-order valence-electron chi connectivity index (χ4n) is 1.91. The monoisotopic (exact) mass is 265 g/mol. The largest absolute Gasteiger partial charge is 0.416 e. The first-order valence-electron chi connectivity index (χ1n) is 5.93. The topological polar surface area (TPSA) is 12.0 Å². The average Bonchev–Trinajstić information content (AvgIpc) is 2.37. The number of benzene rings is 2. The summed E-state index contributed by atoms with van der Waals surface area (Å²) in [5.41, 5.74) is 1.51. The average molecular weight is 265 g/mol. The molecule has 0 saturated carbocycles. The molecule has 0 aliphatic carbocycles. The first kappa shape index (κ1) is 13.5. The highest BCUT2D eigenvalue weighted by Gasteiger charge is 2.32. The molecule has 0 amide bonds. The van der Waals surface area contributed by atoms with Crippen molar-refractivity contribution >= 4 is 5.69 Å². The van der Waals surface area contributed by atoms with Crippen molar-refractivity contribution in [1.29, 1.82) is 0 Å². The SMILES string of the molecule is Cc1ccccc1NCc1ccccc1C(F)(F)F. The van der Waals surface area contributed by atoms with Crippen molar-refractivity contribution in [2.75, 3.05) is 5.32 Å². The van der Waals surface area contributed by atoms with Gasteiger partial charge in [-0.25, -0.2) is 0 Å². The zero-order chi connectivity index (χ0) is 13.9. The summed E-state index contributed by atoms with van der Waals surface area (Å²) in [5, 5.41) is 3.04. The summed E-state index contributed by atoms with van der Waals surface area (Å²) in [6, 6.07) is 13.1. The second kappa shape index (κ2) is 5.34. The van der Waals surface area contributed by atoms with Gasteiger partial charge in [0.05, 0.1) is 5.56 Å². The second-order valence-electron chi connectivity index (χ2n) is 4.32. The van der Waals surface area contributed by atoms with Crippen LogP contribution in [0.5, 0.6) is 0 Å². The molecule has 0 unspecified atom stereocenters.